The highest BCUT2D eigenvalue weighted by Crippen LogP contribution is 2.50. The molecule has 2 aromatic carbocycles. The third kappa shape index (κ3) is 3.31. The molecular weight excluding hydrogens is 366 g/mol. The van der Waals surface area contributed by atoms with Gasteiger partial charge in [0.2, 0.25) is 0 Å². The summed E-state index contributed by atoms with van der Waals surface area (Å²) < 4.78 is 10.5. The number of ether oxygens (including phenoxy) is 2. The summed E-state index contributed by atoms with van der Waals surface area (Å²) in [6, 6.07) is 15.3. The molecule has 0 aromatic heterocycles. The van der Waals surface area contributed by atoms with Crippen molar-refractivity contribution in [2.45, 2.75) is 37.8 Å². The van der Waals surface area contributed by atoms with E-state index in [1.165, 1.54) is 7.11 Å². The first kappa shape index (κ1) is 19.2. The molecule has 29 heavy (non-hydrogen) atoms. The largest absolute Gasteiger partial charge is 0.465 e. The SMILES string of the molecule is C=C1CCCN(C(=O)OCc2ccccc2)C12CCc1cc(C(=O)OC)ccc12. The predicted octanol–water partition coefficient (Wildman–Crippen LogP) is 4.60. The molecule has 1 aliphatic carbocycles. The van der Waals surface area contributed by atoms with Crippen molar-refractivity contribution in [1.29, 1.82) is 0 Å². The van der Waals surface area contributed by atoms with Gasteiger partial charge in [0, 0.05) is 6.54 Å². The zero-order valence-electron chi connectivity index (χ0n) is 16.6. The molecule has 1 heterocycles. The number of carbonyl (C=O) groups excluding carboxylic acids is 2. The van der Waals surface area contributed by atoms with Crippen LogP contribution in [-0.2, 0) is 28.0 Å². The maximum absolute atomic E-state index is 13.1. The van der Waals surface area contributed by atoms with E-state index in [0.29, 0.717) is 12.1 Å². The number of nitrogens with zero attached hydrogens (tertiary/aromatic N) is 1. The fourth-order valence-corrected chi connectivity index (χ4v) is 4.63. The molecule has 1 amide bonds. The first-order valence-corrected chi connectivity index (χ1v) is 9.94. The first-order chi connectivity index (χ1) is 14.1. The Balaban J connectivity index is 1.63. The maximum atomic E-state index is 13.1. The Labute approximate surface area is 170 Å². The van der Waals surface area contributed by atoms with Gasteiger partial charge in [-0.25, -0.2) is 9.59 Å². The molecule has 1 atom stereocenters. The molecule has 5 heteroatoms. The van der Waals surface area contributed by atoms with Gasteiger partial charge in [0.15, 0.2) is 0 Å². The van der Waals surface area contributed by atoms with Crippen LogP contribution in [0.2, 0.25) is 0 Å². The zero-order valence-corrected chi connectivity index (χ0v) is 16.6. The minimum Gasteiger partial charge on any atom is -0.465 e. The van der Waals surface area contributed by atoms with Gasteiger partial charge in [0.05, 0.1) is 18.2 Å². The van der Waals surface area contributed by atoms with Crippen LogP contribution >= 0.6 is 0 Å². The number of aryl methyl sites for hydroxylation is 1. The van der Waals surface area contributed by atoms with Crippen LogP contribution in [0.25, 0.3) is 0 Å². The van der Waals surface area contributed by atoms with Crippen LogP contribution in [0.4, 0.5) is 4.79 Å². The smallest absolute Gasteiger partial charge is 0.411 e. The Morgan fingerprint density at radius 3 is 2.69 bits per heavy atom. The zero-order chi connectivity index (χ0) is 20.4. The molecule has 4 rings (SSSR count). The quantitative estimate of drug-likeness (QED) is 0.567. The summed E-state index contributed by atoms with van der Waals surface area (Å²) in [5.74, 6) is -0.352. The van der Waals surface area contributed by atoms with Gasteiger partial charge in [-0.05, 0) is 60.1 Å². The Bertz CT molecular complexity index is 953. The number of carbonyl (C=O) groups is 2. The molecule has 150 valence electrons. The lowest BCUT2D eigenvalue weighted by Gasteiger charge is -2.46. The Hall–Kier alpha value is -3.08. The molecule has 2 aromatic rings. The summed E-state index contributed by atoms with van der Waals surface area (Å²) in [5.41, 5.74) is 4.08. The third-order valence-corrected chi connectivity index (χ3v) is 6.06. The van der Waals surface area contributed by atoms with Crippen LogP contribution in [0.3, 0.4) is 0 Å². The maximum Gasteiger partial charge on any atom is 0.411 e. The normalized spacial score (nSPS) is 20.4. The lowest BCUT2D eigenvalue weighted by Crippen LogP contribution is -2.52. The third-order valence-electron chi connectivity index (χ3n) is 6.06. The van der Waals surface area contributed by atoms with E-state index in [1.54, 1.807) is 6.07 Å². The molecule has 5 nitrogen and oxygen atoms in total. The summed E-state index contributed by atoms with van der Waals surface area (Å²) >= 11 is 0. The van der Waals surface area contributed by atoms with Crippen molar-refractivity contribution in [1.82, 2.24) is 4.90 Å². The average molecular weight is 391 g/mol. The lowest BCUT2D eigenvalue weighted by molar-refractivity contribution is 0.0454. The standard InChI is InChI=1S/C24H25NO4/c1-17-7-6-14-25(23(27)29-16-18-8-4-3-5-9-18)24(17)13-12-19-15-20(22(26)28-2)10-11-21(19)24/h3-5,8-11,15H,1,6-7,12-14,16H2,2H3. The number of amides is 1. The van der Waals surface area contributed by atoms with Gasteiger partial charge < -0.3 is 9.47 Å². The first-order valence-electron chi connectivity index (χ1n) is 9.94. The minimum absolute atomic E-state index is 0.243. The summed E-state index contributed by atoms with van der Waals surface area (Å²) in [5, 5.41) is 0. The molecule has 2 aliphatic rings. The fourth-order valence-electron chi connectivity index (χ4n) is 4.63. The van der Waals surface area contributed by atoms with Crippen LogP contribution < -0.4 is 0 Å². The van der Waals surface area contributed by atoms with E-state index >= 15 is 0 Å². The molecule has 1 saturated heterocycles. The van der Waals surface area contributed by atoms with Crippen molar-refractivity contribution in [2.75, 3.05) is 13.7 Å². The highest BCUT2D eigenvalue weighted by atomic mass is 16.6. The number of fused-ring (bicyclic) bond motifs is 2. The molecule has 1 unspecified atom stereocenters. The van der Waals surface area contributed by atoms with E-state index in [4.69, 9.17) is 9.47 Å². The average Bonchev–Trinajstić information content (AvgIpc) is 3.13. The number of esters is 1. The molecule has 1 aliphatic heterocycles. The number of likely N-dealkylation sites (tertiary alicyclic amines) is 1. The molecule has 0 bridgehead atoms. The molecule has 1 spiro atoms. The van der Waals surface area contributed by atoms with Crippen LogP contribution in [0, 0.1) is 0 Å². The van der Waals surface area contributed by atoms with Gasteiger partial charge in [-0.1, -0.05) is 43.0 Å². The van der Waals surface area contributed by atoms with Gasteiger partial charge in [-0.2, -0.15) is 0 Å². The van der Waals surface area contributed by atoms with Crippen LogP contribution in [0.5, 0.6) is 0 Å². The lowest BCUT2D eigenvalue weighted by atomic mass is 9.78. The van der Waals surface area contributed by atoms with Gasteiger partial charge in [0.25, 0.3) is 0 Å². The van der Waals surface area contributed by atoms with Crippen LogP contribution in [0.15, 0.2) is 60.7 Å². The second-order valence-corrected chi connectivity index (χ2v) is 7.62. The Morgan fingerprint density at radius 2 is 1.93 bits per heavy atom. The van der Waals surface area contributed by atoms with E-state index in [9.17, 15) is 9.59 Å². The van der Waals surface area contributed by atoms with E-state index in [-0.39, 0.29) is 18.7 Å². The van der Waals surface area contributed by atoms with Crippen LogP contribution in [0.1, 0.15) is 46.3 Å². The highest BCUT2D eigenvalue weighted by Gasteiger charge is 2.50. The molecule has 1 fully saturated rings. The Kier molecular flexibility index (Phi) is 5.14. The van der Waals surface area contributed by atoms with Crippen molar-refractivity contribution < 1.29 is 19.1 Å². The second kappa shape index (κ2) is 7.74. The number of hydrogen-bond donors (Lipinski definition) is 0. The van der Waals surface area contributed by atoms with Crippen LogP contribution in [-0.4, -0.2) is 30.6 Å². The Morgan fingerprint density at radius 1 is 1.14 bits per heavy atom. The van der Waals surface area contributed by atoms with Crippen molar-refractivity contribution in [3.63, 3.8) is 0 Å². The minimum atomic E-state index is -0.560. The highest BCUT2D eigenvalue weighted by molar-refractivity contribution is 5.89. The number of rotatable bonds is 3. The van der Waals surface area contributed by atoms with E-state index in [1.807, 2.05) is 47.4 Å². The number of piperidine rings is 1. The van der Waals surface area contributed by atoms with E-state index in [0.717, 1.165) is 47.9 Å². The monoisotopic (exact) mass is 391 g/mol. The van der Waals surface area contributed by atoms with Crippen molar-refractivity contribution in [3.8, 4) is 0 Å². The van der Waals surface area contributed by atoms with Gasteiger partial charge in [-0.15, -0.1) is 0 Å². The summed E-state index contributed by atoms with van der Waals surface area (Å²) in [4.78, 5) is 26.9. The van der Waals surface area contributed by atoms with Gasteiger partial charge >= 0.3 is 12.1 Å². The van der Waals surface area contributed by atoms with Gasteiger partial charge in [0.1, 0.15) is 6.61 Å². The topological polar surface area (TPSA) is 55.8 Å². The molecular formula is C24H25NO4. The van der Waals surface area contributed by atoms with E-state index < -0.39 is 5.54 Å². The van der Waals surface area contributed by atoms with Crippen molar-refractivity contribution >= 4 is 12.1 Å². The van der Waals surface area contributed by atoms with Crippen molar-refractivity contribution in [3.05, 3.63) is 82.9 Å². The molecule has 0 saturated carbocycles. The van der Waals surface area contributed by atoms with Gasteiger partial charge in [-0.3, -0.25) is 4.90 Å². The van der Waals surface area contributed by atoms with Crippen molar-refractivity contribution in [2.24, 2.45) is 0 Å². The molecule has 0 radical (unpaired) electrons. The number of hydrogen-bond acceptors (Lipinski definition) is 4. The summed E-state index contributed by atoms with van der Waals surface area (Å²) in [6.07, 6.45) is 2.96. The molecule has 0 N–H and O–H groups in total. The van der Waals surface area contributed by atoms with E-state index in [2.05, 4.69) is 6.58 Å². The second-order valence-electron chi connectivity index (χ2n) is 7.62. The predicted molar refractivity (Wildman–Crippen MR) is 109 cm³/mol. The fraction of sp³-hybridized carbons (Fsp3) is 0.333. The number of benzene rings is 2. The summed E-state index contributed by atoms with van der Waals surface area (Å²) in [6.45, 7) is 5.20. The number of methoxy groups -OCH3 is 1. The summed E-state index contributed by atoms with van der Waals surface area (Å²) in [7, 11) is 1.38.